The van der Waals surface area contributed by atoms with E-state index in [1.54, 1.807) is 16.2 Å². The summed E-state index contributed by atoms with van der Waals surface area (Å²) in [6, 6.07) is 6.35. The molecule has 166 valence electrons. The van der Waals surface area contributed by atoms with Gasteiger partial charge in [0.05, 0.1) is 23.4 Å². The normalized spacial score (nSPS) is 15.2. The topological polar surface area (TPSA) is 63.5 Å². The van der Waals surface area contributed by atoms with E-state index < -0.39 is 0 Å². The number of thiazole rings is 1. The molecule has 1 aliphatic rings. The van der Waals surface area contributed by atoms with E-state index in [4.69, 9.17) is 9.72 Å². The molecule has 1 fully saturated rings. The van der Waals surface area contributed by atoms with Crippen LogP contribution < -0.4 is 4.90 Å². The highest BCUT2D eigenvalue weighted by Crippen LogP contribution is 2.31. The van der Waals surface area contributed by atoms with Crippen molar-refractivity contribution in [2.45, 2.75) is 40.7 Å². The molecule has 3 aromatic rings. The number of nitrogens with zero attached hydrogens (tertiary/aromatic N) is 5. The van der Waals surface area contributed by atoms with Crippen molar-refractivity contribution >= 4 is 32.6 Å². The van der Waals surface area contributed by atoms with Crippen LogP contribution >= 0.6 is 11.3 Å². The molecule has 8 heteroatoms. The zero-order valence-corrected chi connectivity index (χ0v) is 19.8. The van der Waals surface area contributed by atoms with E-state index in [1.807, 2.05) is 17.7 Å². The average molecular weight is 442 g/mol. The van der Waals surface area contributed by atoms with Gasteiger partial charge in [0.2, 0.25) is 0 Å². The predicted octanol–water partition coefficient (Wildman–Crippen LogP) is 3.98. The molecule has 0 aliphatic carbocycles. The molecule has 0 unspecified atom stereocenters. The van der Waals surface area contributed by atoms with Gasteiger partial charge in [0, 0.05) is 37.9 Å². The van der Waals surface area contributed by atoms with Gasteiger partial charge < -0.3 is 4.74 Å². The van der Waals surface area contributed by atoms with Gasteiger partial charge in [-0.3, -0.25) is 19.3 Å². The van der Waals surface area contributed by atoms with Gasteiger partial charge in [-0.1, -0.05) is 11.3 Å². The molecule has 3 heterocycles. The molecule has 0 atom stereocenters. The number of hydrogen-bond acceptors (Lipinski definition) is 6. The zero-order chi connectivity index (χ0) is 22.1. The Morgan fingerprint density at radius 2 is 1.87 bits per heavy atom. The molecule has 1 amide bonds. The summed E-state index contributed by atoms with van der Waals surface area (Å²) < 4.78 is 8.47. The second kappa shape index (κ2) is 9.06. The van der Waals surface area contributed by atoms with E-state index in [-0.39, 0.29) is 11.9 Å². The summed E-state index contributed by atoms with van der Waals surface area (Å²) >= 11 is 1.57. The smallest absolute Gasteiger partial charge is 0.280 e. The van der Waals surface area contributed by atoms with Crippen molar-refractivity contribution in [2.24, 2.45) is 0 Å². The van der Waals surface area contributed by atoms with Crippen molar-refractivity contribution in [3.8, 4) is 0 Å². The van der Waals surface area contributed by atoms with Crippen LogP contribution in [0.5, 0.6) is 0 Å². The lowest BCUT2D eigenvalue weighted by Gasteiger charge is -2.29. The number of anilines is 1. The molecule has 7 nitrogen and oxygen atoms in total. The Balaban J connectivity index is 1.66. The quantitative estimate of drug-likeness (QED) is 0.579. The van der Waals surface area contributed by atoms with Crippen molar-refractivity contribution in [1.29, 1.82) is 0 Å². The fraction of sp³-hybridized carbons (Fsp3) is 0.522. The van der Waals surface area contributed by atoms with Gasteiger partial charge in [0.15, 0.2) is 10.8 Å². The number of carbonyl (C=O) groups is 1. The van der Waals surface area contributed by atoms with Crippen molar-refractivity contribution in [3.05, 3.63) is 40.7 Å². The molecular formula is C23H31N5O2S. The molecule has 0 spiro atoms. The van der Waals surface area contributed by atoms with E-state index >= 15 is 0 Å². The van der Waals surface area contributed by atoms with Crippen LogP contribution in [0.2, 0.25) is 0 Å². The van der Waals surface area contributed by atoms with E-state index in [1.165, 1.54) is 11.1 Å². The van der Waals surface area contributed by atoms with Crippen LogP contribution in [0.4, 0.5) is 5.13 Å². The number of benzene rings is 1. The second-order valence-electron chi connectivity index (χ2n) is 8.52. The molecular weight excluding hydrogens is 410 g/mol. The summed E-state index contributed by atoms with van der Waals surface area (Å²) in [6.07, 6.45) is 0. The van der Waals surface area contributed by atoms with Gasteiger partial charge in [-0.25, -0.2) is 4.98 Å². The summed E-state index contributed by atoms with van der Waals surface area (Å²) in [4.78, 5) is 22.6. The maximum atomic E-state index is 13.6. The molecule has 0 N–H and O–H groups in total. The van der Waals surface area contributed by atoms with Crippen LogP contribution in [0.3, 0.4) is 0 Å². The van der Waals surface area contributed by atoms with Crippen LogP contribution in [-0.2, 0) is 4.74 Å². The number of amides is 1. The lowest BCUT2D eigenvalue weighted by atomic mass is 10.1. The van der Waals surface area contributed by atoms with E-state index in [2.05, 4.69) is 49.8 Å². The number of morpholine rings is 1. The molecule has 1 saturated heterocycles. The Hall–Kier alpha value is -2.29. The fourth-order valence-corrected chi connectivity index (χ4v) is 4.96. The van der Waals surface area contributed by atoms with Crippen LogP contribution in [0.25, 0.3) is 10.2 Å². The van der Waals surface area contributed by atoms with Gasteiger partial charge in [0.1, 0.15) is 0 Å². The largest absolute Gasteiger partial charge is 0.379 e. The van der Waals surface area contributed by atoms with Gasteiger partial charge in [-0.05, 0) is 63.9 Å². The minimum atomic E-state index is -0.0942. The van der Waals surface area contributed by atoms with Gasteiger partial charge >= 0.3 is 0 Å². The zero-order valence-electron chi connectivity index (χ0n) is 19.0. The van der Waals surface area contributed by atoms with Gasteiger partial charge in [-0.2, -0.15) is 5.10 Å². The van der Waals surface area contributed by atoms with Crippen molar-refractivity contribution in [1.82, 2.24) is 19.7 Å². The fourth-order valence-electron chi connectivity index (χ4n) is 3.89. The lowest BCUT2D eigenvalue weighted by Crippen LogP contribution is -2.43. The first-order chi connectivity index (χ1) is 14.8. The van der Waals surface area contributed by atoms with Crippen molar-refractivity contribution in [2.75, 3.05) is 44.3 Å². The summed E-state index contributed by atoms with van der Waals surface area (Å²) in [5, 5.41) is 5.33. The van der Waals surface area contributed by atoms with E-state index in [9.17, 15) is 4.79 Å². The van der Waals surface area contributed by atoms with Crippen molar-refractivity contribution in [3.63, 3.8) is 0 Å². The third-order valence-electron chi connectivity index (χ3n) is 5.84. The predicted molar refractivity (Wildman–Crippen MR) is 125 cm³/mol. The maximum absolute atomic E-state index is 13.6. The Labute approximate surface area is 187 Å². The molecule has 0 radical (unpaired) electrons. The minimum absolute atomic E-state index is 0.0942. The first-order valence-electron chi connectivity index (χ1n) is 10.9. The molecule has 0 saturated carbocycles. The molecule has 1 aromatic carbocycles. The summed E-state index contributed by atoms with van der Waals surface area (Å²) in [5.74, 6) is -0.0942. The highest BCUT2D eigenvalue weighted by atomic mass is 32.1. The highest BCUT2D eigenvalue weighted by molar-refractivity contribution is 7.22. The van der Waals surface area contributed by atoms with Crippen LogP contribution in [-0.4, -0.2) is 65.0 Å². The van der Waals surface area contributed by atoms with E-state index in [0.717, 1.165) is 53.9 Å². The number of carbonyl (C=O) groups excluding carboxylic acids is 1. The maximum Gasteiger partial charge on any atom is 0.280 e. The molecule has 1 aliphatic heterocycles. The number of hydrogen-bond donors (Lipinski definition) is 0. The average Bonchev–Trinajstić information content (AvgIpc) is 3.32. The molecule has 4 rings (SSSR count). The first kappa shape index (κ1) is 21.9. The Bertz CT molecular complexity index is 1040. The monoisotopic (exact) mass is 441 g/mol. The molecule has 2 aromatic heterocycles. The minimum Gasteiger partial charge on any atom is -0.379 e. The summed E-state index contributed by atoms with van der Waals surface area (Å²) in [7, 11) is 0. The molecule has 0 bridgehead atoms. The standard InChI is InChI=1S/C23H31N5O2S/c1-15(2)28-18(5)14-20(25-28)22(29)27(7-6-26-8-10-30-11-9-26)23-24-19-12-16(3)17(4)13-21(19)31-23/h12-15H,6-11H2,1-5H3. The number of ether oxygens (including phenoxy) is 1. The van der Waals surface area contributed by atoms with Crippen molar-refractivity contribution < 1.29 is 9.53 Å². The Morgan fingerprint density at radius 1 is 1.16 bits per heavy atom. The van der Waals surface area contributed by atoms with Gasteiger partial charge in [-0.15, -0.1) is 0 Å². The number of fused-ring (bicyclic) bond motifs is 1. The number of aryl methyl sites for hydroxylation is 3. The Morgan fingerprint density at radius 3 is 2.55 bits per heavy atom. The summed E-state index contributed by atoms with van der Waals surface area (Å²) in [5.41, 5.74) is 4.85. The SMILES string of the molecule is Cc1cc2nc(N(CCN3CCOCC3)C(=O)c3cc(C)n(C(C)C)n3)sc2cc1C. The lowest BCUT2D eigenvalue weighted by molar-refractivity contribution is 0.0391. The molecule has 31 heavy (non-hydrogen) atoms. The first-order valence-corrected chi connectivity index (χ1v) is 11.7. The third kappa shape index (κ3) is 4.66. The third-order valence-corrected chi connectivity index (χ3v) is 6.88. The number of aromatic nitrogens is 3. The van der Waals surface area contributed by atoms with Gasteiger partial charge in [0.25, 0.3) is 5.91 Å². The highest BCUT2D eigenvalue weighted by Gasteiger charge is 2.25. The van der Waals surface area contributed by atoms with Crippen LogP contribution in [0.15, 0.2) is 18.2 Å². The second-order valence-corrected chi connectivity index (χ2v) is 9.53. The summed E-state index contributed by atoms with van der Waals surface area (Å²) in [6.45, 7) is 15.0. The van der Waals surface area contributed by atoms with Crippen LogP contribution in [0, 0.1) is 20.8 Å². The van der Waals surface area contributed by atoms with E-state index in [0.29, 0.717) is 12.2 Å². The Kier molecular flexibility index (Phi) is 6.41. The number of rotatable bonds is 6. The van der Waals surface area contributed by atoms with Crippen LogP contribution in [0.1, 0.15) is 47.2 Å².